The van der Waals surface area contributed by atoms with Crippen LogP contribution in [-0.4, -0.2) is 41.9 Å². The summed E-state index contributed by atoms with van der Waals surface area (Å²) in [5, 5.41) is 6.10. The summed E-state index contributed by atoms with van der Waals surface area (Å²) in [5.74, 6) is -1.69. The zero-order valence-electron chi connectivity index (χ0n) is 17.5. The molecule has 1 aliphatic heterocycles. The number of anilines is 1. The van der Waals surface area contributed by atoms with Crippen LogP contribution in [0.15, 0.2) is 24.3 Å². The lowest BCUT2D eigenvalue weighted by Crippen LogP contribution is -2.42. The third-order valence-electron chi connectivity index (χ3n) is 5.12. The highest BCUT2D eigenvalue weighted by molar-refractivity contribution is 7.16. The van der Waals surface area contributed by atoms with E-state index in [2.05, 4.69) is 10.6 Å². The lowest BCUT2D eigenvalue weighted by molar-refractivity contribution is -0.133. The number of amides is 4. The van der Waals surface area contributed by atoms with Crippen LogP contribution in [-0.2, 0) is 19.9 Å². The molecule has 2 heterocycles. The number of benzene rings is 1. The van der Waals surface area contributed by atoms with E-state index in [9.17, 15) is 19.2 Å². The van der Waals surface area contributed by atoms with Gasteiger partial charge in [0.2, 0.25) is 5.91 Å². The predicted octanol–water partition coefficient (Wildman–Crippen LogP) is 3.60. The van der Waals surface area contributed by atoms with Crippen LogP contribution in [0.3, 0.4) is 0 Å². The van der Waals surface area contributed by atoms with Gasteiger partial charge in [-0.05, 0) is 51.0 Å². The van der Waals surface area contributed by atoms with Crippen LogP contribution in [0, 0.1) is 13.8 Å². The molecule has 0 aliphatic carbocycles. The summed E-state index contributed by atoms with van der Waals surface area (Å²) in [6.07, 6.45) is 0. The van der Waals surface area contributed by atoms with Crippen LogP contribution in [0.2, 0.25) is 5.02 Å². The average molecular weight is 464 g/mol. The number of carbonyl (C=O) groups is 4. The molecule has 4 amide bonds. The molecule has 0 saturated carbocycles. The number of urea groups is 1. The van der Waals surface area contributed by atoms with E-state index < -0.39 is 35.9 Å². The minimum Gasteiger partial charge on any atom is -0.462 e. The fourth-order valence-electron chi connectivity index (χ4n) is 3.29. The standard InChI is InChI=1S/C21H22ClN3O5S/c1-5-30-18(27)16-11(2)12(3)31-17(16)23-15(26)10-25-19(28)21(4,24-20(25)29)13-6-8-14(22)9-7-13/h6-9H,5,10H2,1-4H3,(H,23,26)(H,24,29)/t21-/m1/s1. The number of imide groups is 1. The Hall–Kier alpha value is -2.91. The third kappa shape index (κ3) is 4.28. The zero-order chi connectivity index (χ0) is 22.9. The van der Waals surface area contributed by atoms with Crippen LogP contribution in [0.1, 0.15) is 40.2 Å². The van der Waals surface area contributed by atoms with E-state index in [0.29, 0.717) is 21.2 Å². The van der Waals surface area contributed by atoms with Gasteiger partial charge < -0.3 is 15.4 Å². The number of esters is 1. The van der Waals surface area contributed by atoms with E-state index >= 15 is 0 Å². The van der Waals surface area contributed by atoms with E-state index in [0.717, 1.165) is 9.78 Å². The van der Waals surface area contributed by atoms with E-state index in [4.69, 9.17) is 16.3 Å². The molecule has 0 bridgehead atoms. The molecule has 1 saturated heterocycles. The number of nitrogens with one attached hydrogen (secondary N) is 2. The third-order valence-corrected chi connectivity index (χ3v) is 6.49. The first-order valence-electron chi connectivity index (χ1n) is 9.55. The molecule has 3 rings (SSSR count). The Bertz CT molecular complexity index is 1070. The molecule has 1 fully saturated rings. The molecule has 0 radical (unpaired) electrons. The van der Waals surface area contributed by atoms with E-state index in [1.807, 2.05) is 6.92 Å². The van der Waals surface area contributed by atoms with Crippen LogP contribution in [0.25, 0.3) is 0 Å². The number of aryl methyl sites for hydroxylation is 1. The molecule has 2 N–H and O–H groups in total. The maximum Gasteiger partial charge on any atom is 0.341 e. The Morgan fingerprint density at radius 3 is 2.48 bits per heavy atom. The molecule has 10 heteroatoms. The maximum atomic E-state index is 13.0. The molecule has 1 aromatic heterocycles. The summed E-state index contributed by atoms with van der Waals surface area (Å²) in [6.45, 7) is 6.56. The molecule has 164 valence electrons. The number of ether oxygens (including phenoxy) is 1. The van der Waals surface area contributed by atoms with Crippen LogP contribution < -0.4 is 10.6 Å². The van der Waals surface area contributed by atoms with Crippen molar-refractivity contribution in [2.75, 3.05) is 18.5 Å². The number of halogens is 1. The summed E-state index contributed by atoms with van der Waals surface area (Å²) < 4.78 is 5.07. The average Bonchev–Trinajstić information content (AvgIpc) is 3.10. The first-order valence-corrected chi connectivity index (χ1v) is 10.7. The summed E-state index contributed by atoms with van der Waals surface area (Å²) in [7, 11) is 0. The van der Waals surface area contributed by atoms with Gasteiger partial charge in [0.25, 0.3) is 5.91 Å². The first-order chi connectivity index (χ1) is 14.6. The minimum atomic E-state index is -1.31. The van der Waals surface area contributed by atoms with Crippen molar-refractivity contribution in [2.24, 2.45) is 0 Å². The van der Waals surface area contributed by atoms with Crippen molar-refractivity contribution in [1.29, 1.82) is 0 Å². The highest BCUT2D eigenvalue weighted by Gasteiger charge is 2.49. The van der Waals surface area contributed by atoms with Gasteiger partial charge in [0.05, 0.1) is 12.2 Å². The fraction of sp³-hybridized carbons (Fsp3) is 0.333. The Kier molecular flexibility index (Phi) is 6.38. The molecule has 1 atom stereocenters. The number of thiophene rings is 1. The van der Waals surface area contributed by atoms with Crippen molar-refractivity contribution in [3.63, 3.8) is 0 Å². The molecule has 2 aromatic rings. The number of rotatable bonds is 6. The van der Waals surface area contributed by atoms with E-state index in [1.165, 1.54) is 11.3 Å². The second-order valence-corrected chi connectivity index (χ2v) is 8.87. The predicted molar refractivity (Wildman–Crippen MR) is 117 cm³/mol. The maximum absolute atomic E-state index is 13.0. The molecule has 1 aromatic carbocycles. The largest absolute Gasteiger partial charge is 0.462 e. The van der Waals surface area contributed by atoms with Gasteiger partial charge in [0.15, 0.2) is 0 Å². The van der Waals surface area contributed by atoms with Crippen molar-refractivity contribution < 1.29 is 23.9 Å². The molecule has 8 nitrogen and oxygen atoms in total. The summed E-state index contributed by atoms with van der Waals surface area (Å²) in [4.78, 5) is 52.1. The highest BCUT2D eigenvalue weighted by atomic mass is 35.5. The van der Waals surface area contributed by atoms with Gasteiger partial charge in [-0.15, -0.1) is 11.3 Å². The molecule has 0 spiro atoms. The Labute approximate surface area is 188 Å². The summed E-state index contributed by atoms with van der Waals surface area (Å²) in [6, 6.07) is 5.85. The number of hydrogen-bond acceptors (Lipinski definition) is 6. The topological polar surface area (TPSA) is 105 Å². The lowest BCUT2D eigenvalue weighted by atomic mass is 9.92. The van der Waals surface area contributed by atoms with Gasteiger partial charge in [-0.3, -0.25) is 14.5 Å². The Morgan fingerprint density at radius 2 is 1.87 bits per heavy atom. The minimum absolute atomic E-state index is 0.201. The molecular formula is C21H22ClN3O5S. The molecular weight excluding hydrogens is 442 g/mol. The van der Waals surface area contributed by atoms with E-state index in [1.54, 1.807) is 45.0 Å². The second kappa shape index (κ2) is 8.68. The van der Waals surface area contributed by atoms with Crippen LogP contribution in [0.4, 0.5) is 9.80 Å². The van der Waals surface area contributed by atoms with Gasteiger partial charge in [0, 0.05) is 9.90 Å². The molecule has 1 aliphatic rings. The number of carbonyl (C=O) groups excluding carboxylic acids is 4. The van der Waals surface area contributed by atoms with Crippen LogP contribution in [0.5, 0.6) is 0 Å². The quantitative estimate of drug-likeness (QED) is 0.503. The van der Waals surface area contributed by atoms with Gasteiger partial charge in [0.1, 0.15) is 17.1 Å². The summed E-state index contributed by atoms with van der Waals surface area (Å²) in [5.41, 5.74) is 0.228. The number of nitrogens with zero attached hydrogens (tertiary/aromatic N) is 1. The second-order valence-electron chi connectivity index (χ2n) is 7.21. The van der Waals surface area contributed by atoms with Crippen molar-refractivity contribution >= 4 is 51.8 Å². The SMILES string of the molecule is CCOC(=O)c1c(NC(=O)CN2C(=O)N[C@](C)(c3ccc(Cl)cc3)C2=O)sc(C)c1C. The van der Waals surface area contributed by atoms with Gasteiger partial charge in [-0.2, -0.15) is 0 Å². The fourth-order valence-corrected chi connectivity index (χ4v) is 4.48. The first kappa shape index (κ1) is 22.8. The molecule has 31 heavy (non-hydrogen) atoms. The summed E-state index contributed by atoms with van der Waals surface area (Å²) >= 11 is 7.14. The highest BCUT2D eigenvalue weighted by Crippen LogP contribution is 2.33. The Balaban J connectivity index is 1.78. The van der Waals surface area contributed by atoms with Crippen molar-refractivity contribution in [2.45, 2.75) is 33.2 Å². The van der Waals surface area contributed by atoms with Crippen molar-refractivity contribution in [3.05, 3.63) is 50.9 Å². The lowest BCUT2D eigenvalue weighted by Gasteiger charge is -2.22. The van der Waals surface area contributed by atoms with Gasteiger partial charge in [-0.25, -0.2) is 9.59 Å². The smallest absolute Gasteiger partial charge is 0.341 e. The monoisotopic (exact) mass is 463 g/mol. The normalized spacial score (nSPS) is 18.2. The van der Waals surface area contributed by atoms with Crippen LogP contribution >= 0.6 is 22.9 Å². The van der Waals surface area contributed by atoms with E-state index in [-0.39, 0.29) is 12.2 Å². The van der Waals surface area contributed by atoms with Crippen molar-refractivity contribution in [3.8, 4) is 0 Å². The van der Waals surface area contributed by atoms with Gasteiger partial charge in [-0.1, -0.05) is 23.7 Å². The van der Waals surface area contributed by atoms with Crippen molar-refractivity contribution in [1.82, 2.24) is 10.2 Å². The Morgan fingerprint density at radius 1 is 1.23 bits per heavy atom. The number of hydrogen-bond donors (Lipinski definition) is 2. The zero-order valence-corrected chi connectivity index (χ0v) is 19.1. The molecule has 0 unspecified atom stereocenters. The van der Waals surface area contributed by atoms with Gasteiger partial charge >= 0.3 is 12.0 Å².